The maximum Gasteiger partial charge on any atom is 0.335 e. The summed E-state index contributed by atoms with van der Waals surface area (Å²) in [5.41, 5.74) is 0.314. The van der Waals surface area contributed by atoms with Gasteiger partial charge < -0.3 is 15.2 Å². The van der Waals surface area contributed by atoms with Crippen molar-refractivity contribution < 1.29 is 23.1 Å². The first kappa shape index (κ1) is 18.7. The van der Waals surface area contributed by atoms with E-state index < -0.39 is 16.0 Å². The predicted molar refractivity (Wildman–Crippen MR) is 90.9 cm³/mol. The minimum atomic E-state index is -3.80. The lowest BCUT2D eigenvalue weighted by Crippen LogP contribution is -2.29. The summed E-state index contributed by atoms with van der Waals surface area (Å²) in [5.74, 6) is -1.02. The van der Waals surface area contributed by atoms with E-state index in [1.807, 2.05) is 13.8 Å². The Kier molecular flexibility index (Phi) is 6.20. The van der Waals surface area contributed by atoms with Crippen LogP contribution in [-0.2, 0) is 14.8 Å². The number of sulfonamides is 1. The number of aromatic carboxylic acids is 1. The summed E-state index contributed by atoms with van der Waals surface area (Å²) in [4.78, 5) is 11.1. The zero-order chi connectivity index (χ0) is 17.7. The summed E-state index contributed by atoms with van der Waals surface area (Å²) in [5, 5.41) is 12.2. The normalized spacial score (nSPS) is 18.0. The van der Waals surface area contributed by atoms with Gasteiger partial charge in [-0.3, -0.25) is 0 Å². The van der Waals surface area contributed by atoms with Gasteiger partial charge in [0.1, 0.15) is 4.90 Å². The van der Waals surface area contributed by atoms with Gasteiger partial charge in [0.05, 0.1) is 17.4 Å². The average molecular weight is 356 g/mol. The van der Waals surface area contributed by atoms with Gasteiger partial charge in [-0.2, -0.15) is 0 Å². The Bertz CT molecular complexity index is 682. The van der Waals surface area contributed by atoms with Crippen molar-refractivity contribution in [2.45, 2.75) is 37.7 Å². The highest BCUT2D eigenvalue weighted by Gasteiger charge is 2.22. The largest absolute Gasteiger partial charge is 0.478 e. The van der Waals surface area contributed by atoms with Gasteiger partial charge in [0.25, 0.3) is 0 Å². The molecule has 0 aromatic heterocycles. The number of nitrogens with one attached hydrogen (secondary N) is 2. The van der Waals surface area contributed by atoms with Crippen molar-refractivity contribution in [3.63, 3.8) is 0 Å². The van der Waals surface area contributed by atoms with E-state index in [0.29, 0.717) is 18.8 Å². The molecule has 1 aliphatic rings. The first-order valence-electron chi connectivity index (χ1n) is 8.02. The molecule has 2 rings (SSSR count). The predicted octanol–water partition coefficient (Wildman–Crippen LogP) is 1.91. The van der Waals surface area contributed by atoms with Crippen molar-refractivity contribution in [3.05, 3.63) is 23.8 Å². The molecule has 0 saturated carbocycles. The topological polar surface area (TPSA) is 105 Å². The smallest absolute Gasteiger partial charge is 0.335 e. The Balaban J connectivity index is 2.26. The standard InChI is InChI=1S/C16H24N2O5S/c1-11(2)9-18-24(21,22)15-8-12(16(19)20)5-6-14(15)17-10-13-4-3-7-23-13/h5-6,8,11,13,17-18H,3-4,7,9-10H2,1-2H3,(H,19,20)/t13-/m0/s1. The van der Waals surface area contributed by atoms with Gasteiger partial charge in [0.15, 0.2) is 0 Å². The van der Waals surface area contributed by atoms with Gasteiger partial charge in [-0.25, -0.2) is 17.9 Å². The maximum absolute atomic E-state index is 12.6. The number of benzene rings is 1. The van der Waals surface area contributed by atoms with Gasteiger partial charge >= 0.3 is 5.97 Å². The number of hydrogen-bond acceptors (Lipinski definition) is 5. The van der Waals surface area contributed by atoms with Crippen molar-refractivity contribution in [1.29, 1.82) is 0 Å². The van der Waals surface area contributed by atoms with E-state index in [1.54, 1.807) is 0 Å². The van der Waals surface area contributed by atoms with Crippen LogP contribution in [0.15, 0.2) is 23.1 Å². The van der Waals surface area contributed by atoms with Crippen LogP contribution in [0.1, 0.15) is 37.0 Å². The van der Waals surface area contributed by atoms with Crippen molar-refractivity contribution in [2.75, 3.05) is 25.0 Å². The van der Waals surface area contributed by atoms with Crippen molar-refractivity contribution in [2.24, 2.45) is 5.92 Å². The van der Waals surface area contributed by atoms with Crippen LogP contribution in [0, 0.1) is 5.92 Å². The van der Waals surface area contributed by atoms with Gasteiger partial charge in [0, 0.05) is 19.7 Å². The molecule has 0 bridgehead atoms. The van der Waals surface area contributed by atoms with Crippen molar-refractivity contribution in [3.8, 4) is 0 Å². The SMILES string of the molecule is CC(C)CNS(=O)(=O)c1cc(C(=O)O)ccc1NC[C@@H]1CCCO1. The highest BCUT2D eigenvalue weighted by Crippen LogP contribution is 2.24. The molecule has 3 N–H and O–H groups in total. The first-order valence-corrected chi connectivity index (χ1v) is 9.50. The third kappa shape index (κ3) is 4.93. The summed E-state index contributed by atoms with van der Waals surface area (Å²) < 4.78 is 33.1. The molecule has 0 aliphatic carbocycles. The molecule has 134 valence electrons. The number of carboxylic acids is 1. The van der Waals surface area contributed by atoms with Gasteiger partial charge in [-0.15, -0.1) is 0 Å². The van der Waals surface area contributed by atoms with Crippen LogP contribution in [0.3, 0.4) is 0 Å². The van der Waals surface area contributed by atoms with E-state index in [-0.39, 0.29) is 29.0 Å². The first-order chi connectivity index (χ1) is 11.3. The Morgan fingerprint density at radius 1 is 1.42 bits per heavy atom. The molecule has 8 heteroatoms. The van der Waals surface area contributed by atoms with E-state index in [4.69, 9.17) is 9.84 Å². The van der Waals surface area contributed by atoms with Crippen LogP contribution in [0.2, 0.25) is 0 Å². The second-order valence-electron chi connectivity index (χ2n) is 6.28. The Hall–Kier alpha value is -1.64. The lowest BCUT2D eigenvalue weighted by Gasteiger charge is -2.17. The average Bonchev–Trinajstić information content (AvgIpc) is 3.04. The molecule has 1 heterocycles. The summed E-state index contributed by atoms with van der Waals surface area (Å²) in [7, 11) is -3.80. The fourth-order valence-corrected chi connectivity index (χ4v) is 3.83. The third-order valence-corrected chi connectivity index (χ3v) is 5.21. The van der Waals surface area contributed by atoms with E-state index in [1.165, 1.54) is 18.2 Å². The molecule has 0 radical (unpaired) electrons. The van der Waals surface area contributed by atoms with Gasteiger partial charge in [0.2, 0.25) is 10.0 Å². The van der Waals surface area contributed by atoms with E-state index >= 15 is 0 Å². The molecule has 1 aliphatic heterocycles. The molecule has 0 amide bonds. The van der Waals surface area contributed by atoms with Crippen LogP contribution in [0.25, 0.3) is 0 Å². The molecule has 1 aromatic rings. The van der Waals surface area contributed by atoms with E-state index in [9.17, 15) is 13.2 Å². The molecule has 1 fully saturated rings. The quantitative estimate of drug-likeness (QED) is 0.657. The van der Waals surface area contributed by atoms with Crippen LogP contribution in [0.4, 0.5) is 5.69 Å². The number of hydrogen-bond donors (Lipinski definition) is 3. The lowest BCUT2D eigenvalue weighted by atomic mass is 10.2. The van der Waals surface area contributed by atoms with Crippen LogP contribution in [-0.4, -0.2) is 45.3 Å². The zero-order valence-corrected chi connectivity index (χ0v) is 14.7. The van der Waals surface area contributed by atoms with Crippen LogP contribution in [0.5, 0.6) is 0 Å². The monoisotopic (exact) mass is 356 g/mol. The Morgan fingerprint density at radius 3 is 2.75 bits per heavy atom. The number of anilines is 1. The van der Waals surface area contributed by atoms with Gasteiger partial charge in [-0.05, 0) is 37.0 Å². The molecule has 0 spiro atoms. The Labute approximate surface area is 142 Å². The zero-order valence-electron chi connectivity index (χ0n) is 13.9. The minimum absolute atomic E-state index is 0.0447. The lowest BCUT2D eigenvalue weighted by molar-refractivity contribution is 0.0696. The second-order valence-corrected chi connectivity index (χ2v) is 8.01. The number of rotatable bonds is 8. The van der Waals surface area contributed by atoms with E-state index in [2.05, 4.69) is 10.0 Å². The summed E-state index contributed by atoms with van der Waals surface area (Å²) in [6.45, 7) is 5.27. The molecule has 1 aromatic carbocycles. The minimum Gasteiger partial charge on any atom is -0.478 e. The number of carbonyl (C=O) groups is 1. The van der Waals surface area contributed by atoms with Crippen molar-refractivity contribution in [1.82, 2.24) is 4.72 Å². The fraction of sp³-hybridized carbons (Fsp3) is 0.562. The summed E-state index contributed by atoms with van der Waals surface area (Å²) in [6, 6.07) is 4.06. The maximum atomic E-state index is 12.6. The highest BCUT2D eigenvalue weighted by molar-refractivity contribution is 7.89. The number of ether oxygens (including phenoxy) is 1. The molecule has 1 atom stereocenters. The highest BCUT2D eigenvalue weighted by atomic mass is 32.2. The molecular formula is C16H24N2O5S. The number of carboxylic acid groups (broad SMARTS) is 1. The summed E-state index contributed by atoms with van der Waals surface area (Å²) in [6.07, 6.45) is 1.96. The van der Waals surface area contributed by atoms with Gasteiger partial charge in [-0.1, -0.05) is 13.8 Å². The molecule has 0 unspecified atom stereocenters. The van der Waals surface area contributed by atoms with Crippen LogP contribution >= 0.6 is 0 Å². The second kappa shape index (κ2) is 7.96. The third-order valence-electron chi connectivity index (χ3n) is 3.74. The van der Waals surface area contributed by atoms with Crippen LogP contribution < -0.4 is 10.0 Å². The molecule has 1 saturated heterocycles. The van der Waals surface area contributed by atoms with E-state index in [0.717, 1.165) is 12.8 Å². The molecular weight excluding hydrogens is 332 g/mol. The van der Waals surface area contributed by atoms with Crippen molar-refractivity contribution >= 4 is 21.7 Å². The molecule has 24 heavy (non-hydrogen) atoms. The molecule has 7 nitrogen and oxygen atoms in total. The Morgan fingerprint density at radius 2 is 2.17 bits per heavy atom. The summed E-state index contributed by atoms with van der Waals surface area (Å²) >= 11 is 0. The fourth-order valence-electron chi connectivity index (χ4n) is 2.41.